The molecule has 1 aliphatic carbocycles. The molecular formula is C24H34IN3O3. The molecule has 0 amide bonds. The van der Waals surface area contributed by atoms with Crippen molar-refractivity contribution in [1.29, 1.82) is 0 Å². The highest BCUT2D eigenvalue weighted by molar-refractivity contribution is 14.0. The van der Waals surface area contributed by atoms with Gasteiger partial charge in [0.1, 0.15) is 5.76 Å². The Morgan fingerprint density at radius 3 is 2.55 bits per heavy atom. The predicted octanol–water partition coefficient (Wildman–Crippen LogP) is 4.86. The average molecular weight is 539 g/mol. The van der Waals surface area contributed by atoms with Gasteiger partial charge >= 0.3 is 5.97 Å². The summed E-state index contributed by atoms with van der Waals surface area (Å²) in [6.07, 6.45) is 6.02. The minimum Gasteiger partial charge on any atom is -0.469 e. The SMILES string of the molecule is CCOC(=O)C1CCC(NC(=NCCc2ccco2)NC(C)c2ccccc2)CC1.I. The minimum atomic E-state index is -0.0564. The van der Waals surface area contributed by atoms with Gasteiger partial charge in [-0.1, -0.05) is 30.3 Å². The van der Waals surface area contributed by atoms with Gasteiger partial charge in [-0.25, -0.2) is 0 Å². The molecule has 170 valence electrons. The second-order valence-electron chi connectivity index (χ2n) is 7.78. The van der Waals surface area contributed by atoms with Gasteiger partial charge in [-0.05, 0) is 57.2 Å². The van der Waals surface area contributed by atoms with Crippen molar-refractivity contribution in [3.63, 3.8) is 0 Å². The van der Waals surface area contributed by atoms with Gasteiger partial charge in [-0.2, -0.15) is 0 Å². The molecule has 1 atom stereocenters. The monoisotopic (exact) mass is 539 g/mol. The molecule has 1 aliphatic rings. The van der Waals surface area contributed by atoms with E-state index in [2.05, 4.69) is 29.7 Å². The molecule has 1 heterocycles. The van der Waals surface area contributed by atoms with Gasteiger partial charge in [0.25, 0.3) is 0 Å². The molecule has 1 unspecified atom stereocenters. The molecule has 1 fully saturated rings. The third-order valence-electron chi connectivity index (χ3n) is 5.55. The van der Waals surface area contributed by atoms with Crippen LogP contribution in [0.25, 0.3) is 0 Å². The lowest BCUT2D eigenvalue weighted by molar-refractivity contribution is -0.149. The smallest absolute Gasteiger partial charge is 0.308 e. The summed E-state index contributed by atoms with van der Waals surface area (Å²) < 4.78 is 10.6. The summed E-state index contributed by atoms with van der Waals surface area (Å²) in [5.74, 6) is 1.71. The zero-order valence-corrected chi connectivity index (χ0v) is 20.7. The summed E-state index contributed by atoms with van der Waals surface area (Å²) in [7, 11) is 0. The first-order chi connectivity index (χ1) is 14.7. The maximum absolute atomic E-state index is 12.0. The molecule has 31 heavy (non-hydrogen) atoms. The molecule has 6 nitrogen and oxygen atoms in total. The van der Waals surface area contributed by atoms with Crippen LogP contribution in [0.4, 0.5) is 0 Å². The van der Waals surface area contributed by atoms with E-state index in [9.17, 15) is 4.79 Å². The number of hydrogen-bond acceptors (Lipinski definition) is 4. The van der Waals surface area contributed by atoms with E-state index >= 15 is 0 Å². The van der Waals surface area contributed by atoms with Crippen LogP contribution in [0.15, 0.2) is 58.1 Å². The van der Waals surface area contributed by atoms with Crippen LogP contribution in [0.3, 0.4) is 0 Å². The molecule has 1 saturated carbocycles. The highest BCUT2D eigenvalue weighted by Crippen LogP contribution is 2.25. The van der Waals surface area contributed by atoms with Crippen LogP contribution in [-0.4, -0.2) is 31.1 Å². The van der Waals surface area contributed by atoms with Crippen LogP contribution in [-0.2, 0) is 16.0 Å². The molecule has 0 aliphatic heterocycles. The molecule has 7 heteroatoms. The van der Waals surface area contributed by atoms with Gasteiger partial charge in [0, 0.05) is 19.0 Å². The first kappa shape index (κ1) is 25.2. The zero-order valence-electron chi connectivity index (χ0n) is 18.4. The molecule has 0 saturated heterocycles. The maximum Gasteiger partial charge on any atom is 0.308 e. The Balaban J connectivity index is 0.00000341. The summed E-state index contributed by atoms with van der Waals surface area (Å²) in [5, 5.41) is 7.12. The molecule has 3 rings (SSSR count). The molecule has 1 aromatic carbocycles. The third kappa shape index (κ3) is 8.20. The molecule has 2 N–H and O–H groups in total. The van der Waals surface area contributed by atoms with Crippen molar-refractivity contribution in [2.24, 2.45) is 10.9 Å². The molecule has 0 spiro atoms. The Labute approximate surface area is 202 Å². The van der Waals surface area contributed by atoms with Crippen molar-refractivity contribution >= 4 is 35.9 Å². The Hall–Kier alpha value is -2.03. The predicted molar refractivity (Wildman–Crippen MR) is 134 cm³/mol. The number of rotatable bonds is 8. The topological polar surface area (TPSA) is 75.9 Å². The van der Waals surface area contributed by atoms with Gasteiger partial charge in [0.2, 0.25) is 0 Å². The number of nitrogens with one attached hydrogen (secondary N) is 2. The van der Waals surface area contributed by atoms with E-state index in [0.29, 0.717) is 19.2 Å². The number of carbonyl (C=O) groups excluding carboxylic acids is 1. The van der Waals surface area contributed by atoms with Crippen LogP contribution >= 0.6 is 24.0 Å². The molecule has 0 radical (unpaired) electrons. The van der Waals surface area contributed by atoms with Crippen molar-refractivity contribution in [3.8, 4) is 0 Å². The summed E-state index contributed by atoms with van der Waals surface area (Å²) >= 11 is 0. The van der Waals surface area contributed by atoms with Gasteiger partial charge < -0.3 is 19.8 Å². The molecule has 0 bridgehead atoms. The largest absolute Gasteiger partial charge is 0.469 e. The second-order valence-corrected chi connectivity index (χ2v) is 7.78. The van der Waals surface area contributed by atoms with Gasteiger partial charge in [0.15, 0.2) is 5.96 Å². The van der Waals surface area contributed by atoms with E-state index in [1.807, 2.05) is 37.3 Å². The first-order valence-electron chi connectivity index (χ1n) is 11.0. The average Bonchev–Trinajstić information content (AvgIpc) is 3.28. The zero-order chi connectivity index (χ0) is 21.2. The summed E-state index contributed by atoms with van der Waals surface area (Å²) in [6.45, 7) is 5.08. The summed E-state index contributed by atoms with van der Waals surface area (Å²) in [5.41, 5.74) is 1.21. The van der Waals surface area contributed by atoms with E-state index in [1.54, 1.807) is 6.26 Å². The minimum absolute atomic E-state index is 0. The lowest BCUT2D eigenvalue weighted by Gasteiger charge is -2.30. The van der Waals surface area contributed by atoms with Crippen LogP contribution in [0.2, 0.25) is 0 Å². The van der Waals surface area contributed by atoms with Crippen molar-refractivity contribution in [2.75, 3.05) is 13.2 Å². The normalized spacial score (nSPS) is 19.7. The van der Waals surface area contributed by atoms with E-state index in [1.165, 1.54) is 5.56 Å². The van der Waals surface area contributed by atoms with E-state index < -0.39 is 0 Å². The van der Waals surface area contributed by atoms with Crippen molar-refractivity contribution < 1.29 is 13.9 Å². The van der Waals surface area contributed by atoms with Gasteiger partial charge in [0.05, 0.1) is 24.8 Å². The third-order valence-corrected chi connectivity index (χ3v) is 5.55. The highest BCUT2D eigenvalue weighted by Gasteiger charge is 2.27. The fourth-order valence-electron chi connectivity index (χ4n) is 3.82. The van der Waals surface area contributed by atoms with Crippen molar-refractivity contribution in [3.05, 3.63) is 60.1 Å². The molecule has 1 aromatic heterocycles. The Morgan fingerprint density at radius 1 is 1.16 bits per heavy atom. The number of esters is 1. The van der Waals surface area contributed by atoms with E-state index in [-0.39, 0.29) is 41.9 Å². The van der Waals surface area contributed by atoms with Crippen LogP contribution < -0.4 is 10.6 Å². The van der Waals surface area contributed by atoms with E-state index in [0.717, 1.165) is 43.8 Å². The standard InChI is InChI=1S/C24H33N3O3.HI/c1-3-29-23(28)20-11-13-21(14-12-20)27-24(25-16-15-22-10-7-17-30-22)26-18(2)19-8-5-4-6-9-19;/h4-10,17-18,20-21H,3,11-16H2,1-2H3,(H2,25,26,27);1H. The number of furan rings is 1. The Bertz CT molecular complexity index is 788. The van der Waals surface area contributed by atoms with Gasteiger partial charge in [-0.15, -0.1) is 24.0 Å². The summed E-state index contributed by atoms with van der Waals surface area (Å²) in [6, 6.07) is 14.6. The van der Waals surface area contributed by atoms with Gasteiger partial charge in [-0.3, -0.25) is 9.79 Å². The molecule has 2 aromatic rings. The van der Waals surface area contributed by atoms with E-state index in [4.69, 9.17) is 14.1 Å². The number of aliphatic imine (C=N–C) groups is 1. The number of carbonyl (C=O) groups is 1. The first-order valence-corrected chi connectivity index (χ1v) is 11.0. The van der Waals surface area contributed by atoms with Crippen LogP contribution in [0.5, 0.6) is 0 Å². The van der Waals surface area contributed by atoms with Crippen LogP contribution in [0.1, 0.15) is 56.9 Å². The number of halogens is 1. The Kier molecular flexibility index (Phi) is 10.9. The van der Waals surface area contributed by atoms with Crippen molar-refractivity contribution in [2.45, 2.75) is 58.0 Å². The fourth-order valence-corrected chi connectivity index (χ4v) is 3.82. The summed E-state index contributed by atoms with van der Waals surface area (Å²) in [4.78, 5) is 16.8. The number of guanidine groups is 1. The molecular weight excluding hydrogens is 505 g/mol. The number of hydrogen-bond donors (Lipinski definition) is 2. The highest BCUT2D eigenvalue weighted by atomic mass is 127. The number of nitrogens with zero attached hydrogens (tertiary/aromatic N) is 1. The lowest BCUT2D eigenvalue weighted by atomic mass is 9.86. The number of ether oxygens (including phenoxy) is 1. The second kappa shape index (κ2) is 13.4. The maximum atomic E-state index is 12.0. The fraction of sp³-hybridized carbons (Fsp3) is 0.500. The Morgan fingerprint density at radius 2 is 1.90 bits per heavy atom. The number of benzene rings is 1. The van der Waals surface area contributed by atoms with Crippen LogP contribution in [0, 0.1) is 5.92 Å². The lowest BCUT2D eigenvalue weighted by Crippen LogP contribution is -2.46. The van der Waals surface area contributed by atoms with Crippen molar-refractivity contribution in [1.82, 2.24) is 10.6 Å². The quantitative estimate of drug-likeness (QED) is 0.217.